The van der Waals surface area contributed by atoms with Gasteiger partial charge in [-0.2, -0.15) is 0 Å². The predicted molar refractivity (Wildman–Crippen MR) is 92.0 cm³/mol. The maximum Gasteiger partial charge on any atom is 0.319 e. The van der Waals surface area contributed by atoms with Crippen LogP contribution in [0.15, 0.2) is 12.1 Å². The van der Waals surface area contributed by atoms with E-state index in [4.69, 9.17) is 11.6 Å². The molecule has 7 heteroatoms. The average Bonchev–Trinajstić information content (AvgIpc) is 2.47. The van der Waals surface area contributed by atoms with Gasteiger partial charge in [0.25, 0.3) is 0 Å². The summed E-state index contributed by atoms with van der Waals surface area (Å²) in [5.41, 5.74) is 2.66. The molecule has 0 atom stereocenters. The molecule has 1 aliphatic rings. The maximum absolute atomic E-state index is 12.0. The number of amides is 3. The van der Waals surface area contributed by atoms with Gasteiger partial charge in [-0.05, 0) is 43.5 Å². The number of anilines is 1. The number of hydrogen-bond donors (Lipinski definition) is 3. The quantitative estimate of drug-likeness (QED) is 0.718. The summed E-state index contributed by atoms with van der Waals surface area (Å²) in [6.45, 7) is 7.19. The van der Waals surface area contributed by atoms with Crippen molar-refractivity contribution in [2.24, 2.45) is 0 Å². The minimum absolute atomic E-state index is 0.0654. The number of halogens is 1. The van der Waals surface area contributed by atoms with Crippen LogP contribution in [-0.2, 0) is 4.79 Å². The van der Waals surface area contributed by atoms with Crippen molar-refractivity contribution in [1.29, 1.82) is 0 Å². The van der Waals surface area contributed by atoms with Crippen molar-refractivity contribution in [2.45, 2.75) is 20.3 Å². The minimum atomic E-state index is -0.227. The number of rotatable bonds is 5. The third-order valence-corrected chi connectivity index (χ3v) is 4.01. The second-order valence-electron chi connectivity index (χ2n) is 5.78. The first-order chi connectivity index (χ1) is 11.0. The van der Waals surface area contributed by atoms with E-state index in [9.17, 15) is 9.59 Å². The van der Waals surface area contributed by atoms with Crippen molar-refractivity contribution < 1.29 is 9.59 Å². The Morgan fingerprint density at radius 3 is 2.70 bits per heavy atom. The zero-order valence-corrected chi connectivity index (χ0v) is 14.3. The average molecular weight is 339 g/mol. The second kappa shape index (κ2) is 8.17. The van der Waals surface area contributed by atoms with Crippen LogP contribution in [-0.4, -0.2) is 49.6 Å². The lowest BCUT2D eigenvalue weighted by atomic mass is 10.1. The minimum Gasteiger partial charge on any atom is -0.354 e. The van der Waals surface area contributed by atoms with Crippen molar-refractivity contribution in [2.75, 3.05) is 38.0 Å². The van der Waals surface area contributed by atoms with E-state index in [-0.39, 0.29) is 11.9 Å². The van der Waals surface area contributed by atoms with Gasteiger partial charge in [-0.1, -0.05) is 11.6 Å². The van der Waals surface area contributed by atoms with Crippen LogP contribution in [0.2, 0.25) is 5.02 Å². The fourth-order valence-corrected chi connectivity index (χ4v) is 2.98. The van der Waals surface area contributed by atoms with Crippen LogP contribution in [0.3, 0.4) is 0 Å². The van der Waals surface area contributed by atoms with E-state index in [0.29, 0.717) is 24.7 Å². The summed E-state index contributed by atoms with van der Waals surface area (Å²) < 4.78 is 0. The lowest BCUT2D eigenvalue weighted by molar-refractivity contribution is -0.124. The smallest absolute Gasteiger partial charge is 0.319 e. The van der Waals surface area contributed by atoms with Gasteiger partial charge >= 0.3 is 6.03 Å². The van der Waals surface area contributed by atoms with Gasteiger partial charge in [0, 0.05) is 36.9 Å². The molecule has 1 aliphatic heterocycles. The first kappa shape index (κ1) is 17.6. The molecule has 0 saturated carbocycles. The number of carbonyl (C=O) groups is 2. The molecule has 0 radical (unpaired) electrons. The molecule has 6 nitrogen and oxygen atoms in total. The first-order valence-electron chi connectivity index (χ1n) is 7.76. The van der Waals surface area contributed by atoms with Gasteiger partial charge in [0.15, 0.2) is 0 Å². The normalized spacial score (nSPS) is 15.2. The molecule has 2 rings (SSSR count). The number of urea groups is 1. The molecule has 23 heavy (non-hydrogen) atoms. The van der Waals surface area contributed by atoms with E-state index in [1.807, 2.05) is 26.0 Å². The van der Waals surface area contributed by atoms with Crippen LogP contribution in [0.1, 0.15) is 17.5 Å². The van der Waals surface area contributed by atoms with Crippen LogP contribution in [0.4, 0.5) is 10.5 Å². The van der Waals surface area contributed by atoms with Gasteiger partial charge in [-0.15, -0.1) is 0 Å². The monoisotopic (exact) mass is 338 g/mol. The van der Waals surface area contributed by atoms with Crippen LogP contribution in [0.25, 0.3) is 0 Å². The zero-order valence-electron chi connectivity index (χ0n) is 13.5. The zero-order chi connectivity index (χ0) is 16.8. The fourth-order valence-electron chi connectivity index (χ4n) is 2.65. The van der Waals surface area contributed by atoms with Crippen molar-refractivity contribution in [3.63, 3.8) is 0 Å². The molecule has 1 saturated heterocycles. The Morgan fingerprint density at radius 1 is 1.35 bits per heavy atom. The summed E-state index contributed by atoms with van der Waals surface area (Å²) >= 11 is 5.98. The van der Waals surface area contributed by atoms with E-state index >= 15 is 0 Å². The Labute approximate surface area is 141 Å². The van der Waals surface area contributed by atoms with Gasteiger partial charge in [0.1, 0.15) is 0 Å². The number of nitrogens with zero attached hydrogens (tertiary/aromatic N) is 1. The van der Waals surface area contributed by atoms with Crippen molar-refractivity contribution in [3.05, 3.63) is 28.3 Å². The summed E-state index contributed by atoms with van der Waals surface area (Å²) in [5.74, 6) is 0.0654. The van der Waals surface area contributed by atoms with Gasteiger partial charge in [-0.25, -0.2) is 4.79 Å². The number of piperazine rings is 1. The fraction of sp³-hybridized carbons (Fsp3) is 0.500. The largest absolute Gasteiger partial charge is 0.354 e. The second-order valence-corrected chi connectivity index (χ2v) is 6.21. The number of aryl methyl sites for hydroxylation is 2. The molecule has 1 heterocycles. The highest BCUT2D eigenvalue weighted by atomic mass is 35.5. The Bertz CT molecular complexity index is 568. The van der Waals surface area contributed by atoms with Gasteiger partial charge < -0.3 is 16.0 Å². The van der Waals surface area contributed by atoms with Gasteiger partial charge in [0.05, 0.1) is 6.54 Å². The topological polar surface area (TPSA) is 73.5 Å². The lowest BCUT2D eigenvalue weighted by Crippen LogP contribution is -2.48. The summed E-state index contributed by atoms with van der Waals surface area (Å²) in [6.07, 6.45) is 0.805. The van der Waals surface area contributed by atoms with Crippen LogP contribution in [0, 0.1) is 13.8 Å². The Hall–Kier alpha value is -1.79. The van der Waals surface area contributed by atoms with Crippen molar-refractivity contribution in [3.8, 4) is 0 Å². The lowest BCUT2D eigenvalue weighted by Gasteiger charge is -2.26. The standard InChI is InChI=1S/C16H23ClN4O2/c1-11-8-13(17)9-12(2)15(11)20-16(23)19-4-3-6-21-7-5-18-14(22)10-21/h8-9H,3-7,10H2,1-2H3,(H,18,22)(H2,19,20,23). The van der Waals surface area contributed by atoms with E-state index in [1.165, 1.54) is 0 Å². The van der Waals surface area contributed by atoms with E-state index in [2.05, 4.69) is 20.9 Å². The summed E-state index contributed by atoms with van der Waals surface area (Å²) in [4.78, 5) is 25.3. The molecule has 1 aromatic carbocycles. The molecule has 0 unspecified atom stereocenters. The highest BCUT2D eigenvalue weighted by Gasteiger charge is 2.15. The molecule has 1 aromatic rings. The SMILES string of the molecule is Cc1cc(Cl)cc(C)c1NC(=O)NCCCN1CCNC(=O)C1. The van der Waals surface area contributed by atoms with E-state index in [1.54, 1.807) is 0 Å². The maximum atomic E-state index is 12.0. The number of benzene rings is 1. The molecule has 0 bridgehead atoms. The van der Waals surface area contributed by atoms with E-state index in [0.717, 1.165) is 36.3 Å². The molecule has 0 spiro atoms. The highest BCUT2D eigenvalue weighted by Crippen LogP contribution is 2.24. The van der Waals surface area contributed by atoms with Crippen LogP contribution >= 0.6 is 11.6 Å². The highest BCUT2D eigenvalue weighted by molar-refractivity contribution is 6.30. The number of carbonyl (C=O) groups excluding carboxylic acids is 2. The van der Waals surface area contributed by atoms with Crippen LogP contribution in [0.5, 0.6) is 0 Å². The number of hydrogen-bond acceptors (Lipinski definition) is 3. The molecular weight excluding hydrogens is 316 g/mol. The molecule has 126 valence electrons. The Morgan fingerprint density at radius 2 is 2.04 bits per heavy atom. The first-order valence-corrected chi connectivity index (χ1v) is 8.14. The van der Waals surface area contributed by atoms with Gasteiger partial charge in [0.2, 0.25) is 5.91 Å². The van der Waals surface area contributed by atoms with Gasteiger partial charge in [-0.3, -0.25) is 9.69 Å². The van der Waals surface area contributed by atoms with Crippen molar-refractivity contribution >= 4 is 29.2 Å². The van der Waals surface area contributed by atoms with Crippen molar-refractivity contribution in [1.82, 2.24) is 15.5 Å². The molecule has 1 fully saturated rings. The molecule has 0 aliphatic carbocycles. The van der Waals surface area contributed by atoms with Crippen LogP contribution < -0.4 is 16.0 Å². The van der Waals surface area contributed by atoms with E-state index < -0.39 is 0 Å². The molecule has 3 N–H and O–H groups in total. The third kappa shape index (κ3) is 5.41. The molecule has 0 aromatic heterocycles. The Balaban J connectivity index is 1.72. The summed E-state index contributed by atoms with van der Waals surface area (Å²) in [6, 6.07) is 3.42. The summed E-state index contributed by atoms with van der Waals surface area (Å²) in [7, 11) is 0. The predicted octanol–water partition coefficient (Wildman–Crippen LogP) is 1.90. The molecule has 3 amide bonds. The number of nitrogens with one attached hydrogen (secondary N) is 3. The third-order valence-electron chi connectivity index (χ3n) is 3.79. The summed E-state index contributed by atoms with van der Waals surface area (Å²) in [5, 5.41) is 9.16. The molecular formula is C16H23ClN4O2. The Kier molecular flexibility index (Phi) is 6.24.